The minimum Gasteiger partial charge on any atom is -0.396 e. The van der Waals surface area contributed by atoms with Crippen molar-refractivity contribution in [3.05, 3.63) is 12.2 Å². The monoisotopic (exact) mass is 430 g/mol. The van der Waals surface area contributed by atoms with Gasteiger partial charge in [-0.05, 0) is 100 Å². The average molecular weight is 431 g/mol. The summed E-state index contributed by atoms with van der Waals surface area (Å²) in [6.07, 6.45) is 12.2. The number of nitrogens with zero attached hydrogens (tertiary/aromatic N) is 1. The van der Waals surface area contributed by atoms with Gasteiger partial charge in [-0.25, -0.2) is 0 Å². The van der Waals surface area contributed by atoms with Crippen molar-refractivity contribution in [1.82, 2.24) is 10.2 Å². The fourth-order valence-corrected chi connectivity index (χ4v) is 10.7. The van der Waals surface area contributed by atoms with E-state index in [1.807, 2.05) is 7.05 Å². The highest BCUT2D eigenvalue weighted by atomic mass is 16.3. The number of hydrogen-bond donors (Lipinski definition) is 3. The Bertz CT molecular complexity index is 783. The Hall–Kier alpha value is -0.420. The van der Waals surface area contributed by atoms with Gasteiger partial charge in [0.05, 0.1) is 12.7 Å². The fraction of sp³-hybridized carbons (Fsp3) is 0.926. The molecular formula is C27H46N2O2. The number of aliphatic hydroxyl groups excluding tert-OH is 2. The molecule has 4 fully saturated rings. The SMILES string of the molecule is CN[C@@H](C)[C@H]1[C@H](O)C[C@@]2(C)[C@@H]3C=C[C@H]4[C@](C)(CO)[C@@H](N(C)C)CC[C@@]45C[C@@]35CC[C@]12C. The highest BCUT2D eigenvalue weighted by Crippen LogP contribution is 2.87. The van der Waals surface area contributed by atoms with E-state index in [-0.39, 0.29) is 29.0 Å². The van der Waals surface area contributed by atoms with Gasteiger partial charge in [0.25, 0.3) is 0 Å². The second-order valence-electron chi connectivity index (χ2n) is 13.2. The van der Waals surface area contributed by atoms with Crippen molar-refractivity contribution in [1.29, 1.82) is 0 Å². The van der Waals surface area contributed by atoms with E-state index in [9.17, 15) is 10.2 Å². The van der Waals surface area contributed by atoms with Crippen molar-refractivity contribution in [2.45, 2.75) is 84.4 Å². The van der Waals surface area contributed by atoms with E-state index in [1.165, 1.54) is 32.1 Å². The molecule has 0 heterocycles. The third-order valence-electron chi connectivity index (χ3n) is 12.3. The molecule has 2 spiro atoms. The van der Waals surface area contributed by atoms with E-state index in [4.69, 9.17) is 0 Å². The van der Waals surface area contributed by atoms with Crippen LogP contribution >= 0.6 is 0 Å². The predicted molar refractivity (Wildman–Crippen MR) is 126 cm³/mol. The Morgan fingerprint density at radius 1 is 1.03 bits per heavy atom. The predicted octanol–water partition coefficient (Wildman–Crippen LogP) is 3.68. The maximum atomic E-state index is 11.3. The van der Waals surface area contributed by atoms with Crippen LogP contribution in [0.4, 0.5) is 0 Å². The summed E-state index contributed by atoms with van der Waals surface area (Å²) in [6, 6.07) is 0.767. The maximum absolute atomic E-state index is 11.3. The molecule has 4 saturated carbocycles. The van der Waals surface area contributed by atoms with E-state index in [0.717, 1.165) is 6.42 Å². The second-order valence-corrected chi connectivity index (χ2v) is 13.2. The molecule has 0 saturated heterocycles. The summed E-state index contributed by atoms with van der Waals surface area (Å²) in [6.45, 7) is 9.87. The highest BCUT2D eigenvalue weighted by Gasteiger charge is 2.82. The van der Waals surface area contributed by atoms with Crippen molar-refractivity contribution < 1.29 is 10.2 Å². The van der Waals surface area contributed by atoms with Crippen molar-refractivity contribution >= 4 is 0 Å². The minimum absolute atomic E-state index is 0.0766. The lowest BCUT2D eigenvalue weighted by Gasteiger charge is -2.62. The summed E-state index contributed by atoms with van der Waals surface area (Å²) in [5, 5.41) is 25.4. The third-order valence-corrected chi connectivity index (χ3v) is 12.3. The summed E-state index contributed by atoms with van der Waals surface area (Å²) in [4.78, 5) is 2.36. The molecular weight excluding hydrogens is 384 g/mol. The lowest BCUT2D eigenvalue weighted by atomic mass is 9.43. The second kappa shape index (κ2) is 6.58. The van der Waals surface area contributed by atoms with Gasteiger partial charge < -0.3 is 20.4 Å². The van der Waals surface area contributed by atoms with E-state index in [0.29, 0.717) is 40.7 Å². The van der Waals surface area contributed by atoms with E-state index < -0.39 is 0 Å². The van der Waals surface area contributed by atoms with Crippen LogP contribution in [0.3, 0.4) is 0 Å². The van der Waals surface area contributed by atoms with Crippen molar-refractivity contribution in [3.8, 4) is 0 Å². The first-order valence-corrected chi connectivity index (χ1v) is 12.8. The number of fused-ring (bicyclic) bond motifs is 2. The first-order valence-electron chi connectivity index (χ1n) is 12.8. The van der Waals surface area contributed by atoms with Gasteiger partial charge in [-0.2, -0.15) is 0 Å². The van der Waals surface area contributed by atoms with Crippen LogP contribution in [0.2, 0.25) is 0 Å². The molecule has 176 valence electrons. The molecule has 0 aliphatic heterocycles. The number of nitrogens with one attached hydrogen (secondary N) is 1. The molecule has 4 heteroatoms. The van der Waals surface area contributed by atoms with Gasteiger partial charge in [-0.3, -0.25) is 0 Å². The van der Waals surface area contributed by atoms with Crippen LogP contribution in [-0.4, -0.2) is 61.1 Å². The molecule has 0 aromatic heterocycles. The first kappa shape index (κ1) is 22.4. The Morgan fingerprint density at radius 3 is 2.29 bits per heavy atom. The van der Waals surface area contributed by atoms with Gasteiger partial charge in [-0.1, -0.05) is 32.9 Å². The van der Waals surface area contributed by atoms with Gasteiger partial charge >= 0.3 is 0 Å². The minimum atomic E-state index is -0.222. The molecule has 31 heavy (non-hydrogen) atoms. The molecule has 0 amide bonds. The number of hydrogen-bond acceptors (Lipinski definition) is 4. The zero-order valence-electron chi connectivity index (χ0n) is 20.9. The summed E-state index contributed by atoms with van der Waals surface area (Å²) < 4.78 is 0. The lowest BCUT2D eigenvalue weighted by molar-refractivity contribution is -0.116. The largest absolute Gasteiger partial charge is 0.396 e. The topological polar surface area (TPSA) is 55.7 Å². The Morgan fingerprint density at radius 2 is 1.68 bits per heavy atom. The zero-order valence-corrected chi connectivity index (χ0v) is 20.9. The highest BCUT2D eigenvalue weighted by molar-refractivity contribution is 5.37. The molecule has 5 rings (SSSR count). The van der Waals surface area contributed by atoms with Crippen molar-refractivity contribution in [3.63, 3.8) is 0 Å². The van der Waals surface area contributed by atoms with Crippen molar-refractivity contribution in [2.75, 3.05) is 27.7 Å². The molecule has 0 radical (unpaired) electrons. The number of allylic oxidation sites excluding steroid dienone is 2. The van der Waals surface area contributed by atoms with Crippen LogP contribution in [0.25, 0.3) is 0 Å². The lowest BCUT2D eigenvalue weighted by Crippen LogP contribution is -2.60. The molecule has 0 unspecified atom stereocenters. The molecule has 0 aromatic rings. The summed E-state index contributed by atoms with van der Waals surface area (Å²) in [7, 11) is 6.41. The zero-order chi connectivity index (χ0) is 22.6. The van der Waals surface area contributed by atoms with Crippen LogP contribution < -0.4 is 5.32 Å². The molecule has 5 aliphatic carbocycles. The average Bonchev–Trinajstić information content (AvgIpc) is 3.32. The van der Waals surface area contributed by atoms with Crippen LogP contribution in [0.15, 0.2) is 12.2 Å². The van der Waals surface area contributed by atoms with Crippen LogP contribution in [0.5, 0.6) is 0 Å². The quantitative estimate of drug-likeness (QED) is 0.596. The van der Waals surface area contributed by atoms with E-state index in [1.54, 1.807) is 0 Å². The molecule has 0 aromatic carbocycles. The molecule has 11 atom stereocenters. The summed E-state index contributed by atoms with van der Waals surface area (Å²) in [5.41, 5.74) is 0.962. The Labute approximate surface area is 189 Å². The van der Waals surface area contributed by atoms with Crippen molar-refractivity contribution in [2.24, 2.45) is 44.8 Å². The summed E-state index contributed by atoms with van der Waals surface area (Å²) >= 11 is 0. The van der Waals surface area contributed by atoms with E-state index >= 15 is 0 Å². The molecule has 5 aliphatic rings. The summed E-state index contributed by atoms with van der Waals surface area (Å²) in [5.74, 6) is 1.33. The maximum Gasteiger partial charge on any atom is 0.0594 e. The molecule has 4 nitrogen and oxygen atoms in total. The number of aliphatic hydroxyl groups is 2. The Balaban J connectivity index is 1.57. The van der Waals surface area contributed by atoms with E-state index in [2.05, 4.69) is 64.2 Å². The molecule has 0 bridgehead atoms. The normalized spacial score (nSPS) is 58.3. The first-order chi connectivity index (χ1) is 14.5. The smallest absolute Gasteiger partial charge is 0.0594 e. The van der Waals surface area contributed by atoms with Crippen LogP contribution in [-0.2, 0) is 0 Å². The third kappa shape index (κ3) is 2.36. The van der Waals surface area contributed by atoms with Gasteiger partial charge in [0.1, 0.15) is 0 Å². The van der Waals surface area contributed by atoms with Crippen LogP contribution in [0, 0.1) is 44.8 Å². The number of rotatable bonds is 4. The van der Waals surface area contributed by atoms with Gasteiger partial charge in [-0.15, -0.1) is 0 Å². The Kier molecular flexibility index (Phi) is 4.75. The fourth-order valence-electron chi connectivity index (χ4n) is 10.7. The van der Waals surface area contributed by atoms with Crippen LogP contribution in [0.1, 0.15) is 66.2 Å². The molecule has 3 N–H and O–H groups in total. The van der Waals surface area contributed by atoms with Gasteiger partial charge in [0.2, 0.25) is 0 Å². The standard InChI is InChI=1S/C27H46N2O2/c1-17(28-5)22-18(31)14-25(4)20-9-8-19-23(2,16-30)21(29(6)7)10-11-26(19)15-27(20,26)13-12-24(22,25)3/h8-9,17-22,28,30-31H,10-16H2,1-7H3/t17-,18+,19-,20-,21-,22-,23-,24+,25-,26+,27-/m0/s1. The van der Waals surface area contributed by atoms with Gasteiger partial charge in [0, 0.05) is 23.4 Å². The van der Waals surface area contributed by atoms with Gasteiger partial charge in [0.15, 0.2) is 0 Å².